The van der Waals surface area contributed by atoms with E-state index in [2.05, 4.69) is 22.2 Å². The molecule has 4 heteroatoms. The molecule has 0 aliphatic rings. The second kappa shape index (κ2) is 6.35. The first-order chi connectivity index (χ1) is 7.33. The van der Waals surface area contributed by atoms with Crippen LogP contribution in [0.25, 0.3) is 0 Å². The molecule has 4 nitrogen and oxygen atoms in total. The Hall–Kier alpha value is -1.16. The third-order valence-corrected chi connectivity index (χ3v) is 2.41. The molecular formula is C11H19N3O. The fourth-order valence-corrected chi connectivity index (χ4v) is 1.56. The number of unbranched alkanes of at least 4 members (excludes halogenated alkanes) is 1. The Kier molecular flexibility index (Phi) is 5.04. The van der Waals surface area contributed by atoms with Crippen LogP contribution >= 0.6 is 0 Å². The molecule has 1 aromatic rings. The molecule has 15 heavy (non-hydrogen) atoms. The Labute approximate surface area is 91.1 Å². The molecule has 0 aliphatic carbocycles. The number of ether oxygens (including phenoxy) is 1. The van der Waals surface area contributed by atoms with Gasteiger partial charge >= 0.3 is 0 Å². The Morgan fingerprint density at radius 1 is 1.40 bits per heavy atom. The lowest BCUT2D eigenvalue weighted by Crippen LogP contribution is -2.18. The standard InChI is InChI=1S/C11H19N3O/c1-4-5-6-9(12-2)10-11(15-3)14-8-7-13-10/h7-9,12H,4-6H2,1-3H3. The van der Waals surface area contributed by atoms with Crippen LogP contribution < -0.4 is 10.1 Å². The number of hydrogen-bond acceptors (Lipinski definition) is 4. The van der Waals surface area contributed by atoms with E-state index in [1.807, 2.05) is 7.05 Å². The van der Waals surface area contributed by atoms with Gasteiger partial charge in [-0.1, -0.05) is 19.8 Å². The van der Waals surface area contributed by atoms with Crippen LogP contribution in [0, 0.1) is 0 Å². The first-order valence-corrected chi connectivity index (χ1v) is 5.35. The van der Waals surface area contributed by atoms with Crippen LogP contribution in [0.1, 0.15) is 37.9 Å². The third-order valence-electron chi connectivity index (χ3n) is 2.41. The molecule has 0 fully saturated rings. The summed E-state index contributed by atoms with van der Waals surface area (Å²) in [5.41, 5.74) is 0.899. The van der Waals surface area contributed by atoms with E-state index in [1.165, 1.54) is 12.8 Å². The highest BCUT2D eigenvalue weighted by Gasteiger charge is 2.15. The maximum atomic E-state index is 5.19. The minimum atomic E-state index is 0.230. The smallest absolute Gasteiger partial charge is 0.236 e. The monoisotopic (exact) mass is 209 g/mol. The molecule has 0 spiro atoms. The van der Waals surface area contributed by atoms with Gasteiger partial charge in [-0.15, -0.1) is 0 Å². The molecule has 0 saturated heterocycles. The van der Waals surface area contributed by atoms with Crippen LogP contribution in [0.4, 0.5) is 0 Å². The van der Waals surface area contributed by atoms with Gasteiger partial charge in [-0.3, -0.25) is 4.98 Å². The minimum absolute atomic E-state index is 0.230. The maximum absolute atomic E-state index is 5.19. The molecule has 1 atom stereocenters. The fraction of sp³-hybridized carbons (Fsp3) is 0.636. The summed E-state index contributed by atoms with van der Waals surface area (Å²) in [6, 6.07) is 0.230. The summed E-state index contributed by atoms with van der Waals surface area (Å²) in [5, 5.41) is 3.25. The first kappa shape index (κ1) is 11.9. The highest BCUT2D eigenvalue weighted by atomic mass is 16.5. The van der Waals surface area contributed by atoms with Crippen LogP contribution in [0.15, 0.2) is 12.4 Å². The molecule has 0 bridgehead atoms. The summed E-state index contributed by atoms with van der Waals surface area (Å²) in [7, 11) is 3.56. The number of rotatable bonds is 6. The molecule has 1 aromatic heterocycles. The average molecular weight is 209 g/mol. The van der Waals surface area contributed by atoms with Crippen LogP contribution in [0.2, 0.25) is 0 Å². The minimum Gasteiger partial charge on any atom is -0.480 e. The van der Waals surface area contributed by atoms with E-state index in [1.54, 1.807) is 19.5 Å². The van der Waals surface area contributed by atoms with Crippen molar-refractivity contribution in [1.29, 1.82) is 0 Å². The van der Waals surface area contributed by atoms with Crippen molar-refractivity contribution in [2.45, 2.75) is 32.2 Å². The van der Waals surface area contributed by atoms with Crippen molar-refractivity contribution in [1.82, 2.24) is 15.3 Å². The van der Waals surface area contributed by atoms with E-state index >= 15 is 0 Å². The molecule has 1 rings (SSSR count). The molecular weight excluding hydrogens is 190 g/mol. The van der Waals surface area contributed by atoms with E-state index in [4.69, 9.17) is 4.74 Å². The van der Waals surface area contributed by atoms with E-state index in [9.17, 15) is 0 Å². The fourth-order valence-electron chi connectivity index (χ4n) is 1.56. The van der Waals surface area contributed by atoms with Gasteiger partial charge in [-0.05, 0) is 13.5 Å². The van der Waals surface area contributed by atoms with Gasteiger partial charge < -0.3 is 10.1 Å². The number of nitrogens with one attached hydrogen (secondary N) is 1. The van der Waals surface area contributed by atoms with Crippen LogP contribution in [0.5, 0.6) is 5.88 Å². The third kappa shape index (κ3) is 3.16. The number of aromatic nitrogens is 2. The van der Waals surface area contributed by atoms with Gasteiger partial charge in [0.15, 0.2) is 0 Å². The molecule has 84 valence electrons. The predicted molar refractivity (Wildman–Crippen MR) is 59.9 cm³/mol. The molecule has 0 radical (unpaired) electrons. The Morgan fingerprint density at radius 3 is 2.73 bits per heavy atom. The second-order valence-electron chi connectivity index (χ2n) is 3.43. The lowest BCUT2D eigenvalue weighted by Gasteiger charge is -2.16. The summed E-state index contributed by atoms with van der Waals surface area (Å²) in [5.74, 6) is 0.618. The van der Waals surface area contributed by atoms with E-state index < -0.39 is 0 Å². The van der Waals surface area contributed by atoms with Crippen LogP contribution in [-0.4, -0.2) is 24.1 Å². The van der Waals surface area contributed by atoms with Gasteiger partial charge in [0.2, 0.25) is 5.88 Å². The van der Waals surface area contributed by atoms with Gasteiger partial charge in [0.25, 0.3) is 0 Å². The quantitative estimate of drug-likeness (QED) is 0.777. The van der Waals surface area contributed by atoms with Crippen molar-refractivity contribution >= 4 is 0 Å². The van der Waals surface area contributed by atoms with E-state index in [0.29, 0.717) is 5.88 Å². The van der Waals surface area contributed by atoms with Gasteiger partial charge in [0, 0.05) is 12.4 Å². The van der Waals surface area contributed by atoms with Crippen molar-refractivity contribution in [2.75, 3.05) is 14.2 Å². The summed E-state index contributed by atoms with van der Waals surface area (Å²) >= 11 is 0. The largest absolute Gasteiger partial charge is 0.480 e. The molecule has 0 aromatic carbocycles. The summed E-state index contributed by atoms with van der Waals surface area (Å²) in [4.78, 5) is 8.47. The highest BCUT2D eigenvalue weighted by molar-refractivity contribution is 5.20. The van der Waals surface area contributed by atoms with Gasteiger partial charge in [-0.25, -0.2) is 4.98 Å². The van der Waals surface area contributed by atoms with Crippen molar-refractivity contribution in [3.8, 4) is 5.88 Å². The van der Waals surface area contributed by atoms with Crippen molar-refractivity contribution < 1.29 is 4.74 Å². The number of hydrogen-bond donors (Lipinski definition) is 1. The molecule has 1 N–H and O–H groups in total. The Bertz CT molecular complexity index is 291. The zero-order valence-corrected chi connectivity index (χ0v) is 9.66. The zero-order chi connectivity index (χ0) is 11.1. The topological polar surface area (TPSA) is 47.0 Å². The van der Waals surface area contributed by atoms with Gasteiger partial charge in [0.1, 0.15) is 5.69 Å². The molecule has 1 heterocycles. The van der Waals surface area contributed by atoms with Crippen molar-refractivity contribution in [3.05, 3.63) is 18.1 Å². The van der Waals surface area contributed by atoms with Crippen molar-refractivity contribution in [3.63, 3.8) is 0 Å². The van der Waals surface area contributed by atoms with Gasteiger partial charge in [-0.2, -0.15) is 0 Å². The average Bonchev–Trinajstić information content (AvgIpc) is 2.30. The lowest BCUT2D eigenvalue weighted by molar-refractivity contribution is 0.375. The Morgan fingerprint density at radius 2 is 2.13 bits per heavy atom. The highest BCUT2D eigenvalue weighted by Crippen LogP contribution is 2.23. The molecule has 0 saturated carbocycles. The number of nitrogens with zero attached hydrogens (tertiary/aromatic N) is 2. The van der Waals surface area contributed by atoms with E-state index in [-0.39, 0.29) is 6.04 Å². The first-order valence-electron chi connectivity index (χ1n) is 5.35. The van der Waals surface area contributed by atoms with Crippen LogP contribution in [0.3, 0.4) is 0 Å². The lowest BCUT2D eigenvalue weighted by atomic mass is 10.1. The maximum Gasteiger partial charge on any atom is 0.236 e. The zero-order valence-electron chi connectivity index (χ0n) is 9.66. The molecule has 0 aliphatic heterocycles. The number of methoxy groups -OCH3 is 1. The Balaban J connectivity index is 2.80. The summed E-state index contributed by atoms with van der Waals surface area (Å²) < 4.78 is 5.19. The SMILES string of the molecule is CCCCC(NC)c1nccnc1OC. The van der Waals surface area contributed by atoms with Crippen LogP contribution in [-0.2, 0) is 0 Å². The van der Waals surface area contributed by atoms with Gasteiger partial charge in [0.05, 0.1) is 13.2 Å². The summed E-state index contributed by atoms with van der Waals surface area (Å²) in [6.07, 6.45) is 6.76. The molecule has 0 amide bonds. The van der Waals surface area contributed by atoms with E-state index in [0.717, 1.165) is 12.1 Å². The summed E-state index contributed by atoms with van der Waals surface area (Å²) in [6.45, 7) is 2.18. The van der Waals surface area contributed by atoms with Crippen molar-refractivity contribution in [2.24, 2.45) is 0 Å². The normalized spacial score (nSPS) is 12.5. The second-order valence-corrected chi connectivity index (χ2v) is 3.43. The molecule has 1 unspecified atom stereocenters. The predicted octanol–water partition coefficient (Wildman–Crippen LogP) is 1.94.